The minimum Gasteiger partial charge on any atom is -0.348 e. The van der Waals surface area contributed by atoms with Crippen molar-refractivity contribution in [1.29, 1.82) is 0 Å². The summed E-state index contributed by atoms with van der Waals surface area (Å²) in [5, 5.41) is 5.50. The lowest BCUT2D eigenvalue weighted by molar-refractivity contribution is -0.122. The highest BCUT2D eigenvalue weighted by atomic mass is 16.1. The lowest BCUT2D eigenvalue weighted by Crippen LogP contribution is -2.34. The molecular weight excluding hydrogens is 272 g/mol. The zero-order valence-corrected chi connectivity index (χ0v) is 12.9. The number of hydrogen-bond donors (Lipinski definition) is 2. The predicted molar refractivity (Wildman–Crippen MR) is 90.5 cm³/mol. The van der Waals surface area contributed by atoms with E-state index in [-0.39, 0.29) is 11.9 Å². The third-order valence-corrected chi connectivity index (χ3v) is 4.70. The Hall–Kier alpha value is -1.87. The number of hydrogen-bond acceptors (Lipinski definition) is 2. The first-order valence-electron chi connectivity index (χ1n) is 8.24. The molecule has 1 saturated carbocycles. The van der Waals surface area contributed by atoms with Crippen LogP contribution in [-0.4, -0.2) is 12.5 Å². The molecule has 1 aliphatic rings. The van der Waals surface area contributed by atoms with Crippen molar-refractivity contribution >= 4 is 16.7 Å². The summed E-state index contributed by atoms with van der Waals surface area (Å²) in [6, 6.07) is 14.4. The van der Waals surface area contributed by atoms with Crippen molar-refractivity contribution in [3.05, 3.63) is 48.0 Å². The van der Waals surface area contributed by atoms with Gasteiger partial charge in [-0.2, -0.15) is 0 Å². The van der Waals surface area contributed by atoms with E-state index in [0.717, 1.165) is 5.56 Å². The van der Waals surface area contributed by atoms with Crippen LogP contribution < -0.4 is 11.1 Å². The molecule has 0 spiro atoms. The summed E-state index contributed by atoms with van der Waals surface area (Å²) in [4.78, 5) is 12.2. The van der Waals surface area contributed by atoms with Gasteiger partial charge in [-0.15, -0.1) is 0 Å². The van der Waals surface area contributed by atoms with E-state index in [1.165, 1.54) is 36.5 Å². The number of rotatable bonds is 5. The van der Waals surface area contributed by atoms with Crippen LogP contribution in [0.15, 0.2) is 42.5 Å². The summed E-state index contributed by atoms with van der Waals surface area (Å²) in [5.41, 5.74) is 6.97. The molecule has 1 unspecified atom stereocenters. The van der Waals surface area contributed by atoms with Gasteiger partial charge in [-0.05, 0) is 41.2 Å². The number of benzene rings is 2. The molecule has 0 radical (unpaired) electrons. The monoisotopic (exact) mass is 296 g/mol. The SMILES string of the molecule is NCC(NC(=O)CC1CCCC1)c1ccc2ccccc2c1. The van der Waals surface area contributed by atoms with Crippen LogP contribution in [0, 0.1) is 5.92 Å². The number of carbonyl (C=O) groups is 1. The van der Waals surface area contributed by atoms with Crippen molar-refractivity contribution < 1.29 is 4.79 Å². The number of nitrogens with two attached hydrogens (primary N) is 1. The maximum absolute atomic E-state index is 12.2. The van der Waals surface area contributed by atoms with Gasteiger partial charge in [0.25, 0.3) is 0 Å². The van der Waals surface area contributed by atoms with Crippen LogP contribution in [0.25, 0.3) is 10.8 Å². The molecule has 3 N–H and O–H groups in total. The normalized spacial score (nSPS) is 16.8. The van der Waals surface area contributed by atoms with Gasteiger partial charge in [0.15, 0.2) is 0 Å². The Balaban J connectivity index is 1.70. The lowest BCUT2D eigenvalue weighted by atomic mass is 10.0. The van der Waals surface area contributed by atoms with Crippen LogP contribution in [-0.2, 0) is 4.79 Å². The van der Waals surface area contributed by atoms with E-state index in [1.54, 1.807) is 0 Å². The topological polar surface area (TPSA) is 55.1 Å². The van der Waals surface area contributed by atoms with Gasteiger partial charge in [0.1, 0.15) is 0 Å². The Morgan fingerprint density at radius 1 is 1.14 bits per heavy atom. The van der Waals surface area contributed by atoms with E-state index in [1.807, 2.05) is 12.1 Å². The second-order valence-corrected chi connectivity index (χ2v) is 6.32. The summed E-state index contributed by atoms with van der Waals surface area (Å²) in [6.45, 7) is 0.425. The Bertz CT molecular complexity index is 647. The first-order valence-corrected chi connectivity index (χ1v) is 8.24. The highest BCUT2D eigenvalue weighted by molar-refractivity contribution is 5.83. The van der Waals surface area contributed by atoms with Gasteiger partial charge in [0.2, 0.25) is 5.91 Å². The van der Waals surface area contributed by atoms with Gasteiger partial charge < -0.3 is 11.1 Å². The molecule has 0 bridgehead atoms. The third kappa shape index (κ3) is 3.47. The van der Waals surface area contributed by atoms with Crippen molar-refractivity contribution in [1.82, 2.24) is 5.32 Å². The zero-order chi connectivity index (χ0) is 15.4. The van der Waals surface area contributed by atoms with Gasteiger partial charge in [-0.25, -0.2) is 0 Å². The van der Waals surface area contributed by atoms with Crippen LogP contribution in [0.1, 0.15) is 43.7 Å². The van der Waals surface area contributed by atoms with Gasteiger partial charge in [-0.3, -0.25) is 4.79 Å². The molecule has 2 aromatic rings. The van der Waals surface area contributed by atoms with Crippen molar-refractivity contribution in [2.75, 3.05) is 6.54 Å². The molecule has 0 heterocycles. The van der Waals surface area contributed by atoms with Crippen LogP contribution >= 0.6 is 0 Å². The highest BCUT2D eigenvalue weighted by Crippen LogP contribution is 2.28. The van der Waals surface area contributed by atoms with E-state index >= 15 is 0 Å². The quantitative estimate of drug-likeness (QED) is 0.886. The largest absolute Gasteiger partial charge is 0.348 e. The van der Waals surface area contributed by atoms with Gasteiger partial charge in [0, 0.05) is 13.0 Å². The summed E-state index contributed by atoms with van der Waals surface area (Å²) in [5.74, 6) is 0.700. The molecule has 3 rings (SSSR count). The molecule has 0 saturated heterocycles. The van der Waals surface area contributed by atoms with E-state index in [9.17, 15) is 4.79 Å². The maximum atomic E-state index is 12.2. The molecule has 1 fully saturated rings. The minimum atomic E-state index is -0.0986. The molecular formula is C19H24N2O. The molecule has 3 heteroatoms. The van der Waals surface area contributed by atoms with E-state index in [2.05, 4.69) is 35.6 Å². The first kappa shape index (κ1) is 15.0. The standard InChI is InChI=1S/C19H24N2O/c20-13-18(21-19(22)11-14-5-1-2-6-14)17-10-9-15-7-3-4-8-16(15)12-17/h3-4,7-10,12,14,18H,1-2,5-6,11,13,20H2,(H,21,22). The smallest absolute Gasteiger partial charge is 0.220 e. The van der Waals surface area contributed by atoms with Crippen molar-refractivity contribution in [2.45, 2.75) is 38.1 Å². The summed E-state index contributed by atoms with van der Waals surface area (Å²) in [6.07, 6.45) is 5.56. The number of amides is 1. The highest BCUT2D eigenvalue weighted by Gasteiger charge is 2.20. The number of nitrogens with one attached hydrogen (secondary N) is 1. The molecule has 2 aromatic carbocycles. The van der Waals surface area contributed by atoms with Crippen molar-refractivity contribution in [2.24, 2.45) is 11.7 Å². The lowest BCUT2D eigenvalue weighted by Gasteiger charge is -2.19. The van der Waals surface area contributed by atoms with Crippen LogP contribution in [0.4, 0.5) is 0 Å². The van der Waals surface area contributed by atoms with Crippen molar-refractivity contribution in [3.63, 3.8) is 0 Å². The van der Waals surface area contributed by atoms with Crippen LogP contribution in [0.5, 0.6) is 0 Å². The fourth-order valence-electron chi connectivity index (χ4n) is 3.43. The summed E-state index contributed by atoms with van der Waals surface area (Å²) in [7, 11) is 0. The number of carbonyl (C=O) groups excluding carboxylic acids is 1. The van der Waals surface area contributed by atoms with Crippen molar-refractivity contribution in [3.8, 4) is 0 Å². The molecule has 0 aliphatic heterocycles. The molecule has 1 atom stereocenters. The fraction of sp³-hybridized carbons (Fsp3) is 0.421. The Kier molecular flexibility index (Phi) is 4.74. The molecule has 0 aromatic heterocycles. The predicted octanol–water partition coefficient (Wildman–Crippen LogP) is 3.54. The third-order valence-electron chi connectivity index (χ3n) is 4.70. The second-order valence-electron chi connectivity index (χ2n) is 6.32. The molecule has 3 nitrogen and oxygen atoms in total. The zero-order valence-electron chi connectivity index (χ0n) is 12.9. The fourth-order valence-corrected chi connectivity index (χ4v) is 3.43. The maximum Gasteiger partial charge on any atom is 0.220 e. The van der Waals surface area contributed by atoms with E-state index < -0.39 is 0 Å². The molecule has 116 valence electrons. The molecule has 1 amide bonds. The average molecular weight is 296 g/mol. The molecule has 22 heavy (non-hydrogen) atoms. The molecule has 1 aliphatic carbocycles. The minimum absolute atomic E-state index is 0.0986. The van der Waals surface area contributed by atoms with Gasteiger partial charge in [0.05, 0.1) is 6.04 Å². The van der Waals surface area contributed by atoms with Crippen LogP contribution in [0.3, 0.4) is 0 Å². The van der Waals surface area contributed by atoms with Gasteiger partial charge in [-0.1, -0.05) is 49.2 Å². The Morgan fingerprint density at radius 3 is 2.59 bits per heavy atom. The number of fused-ring (bicyclic) bond motifs is 1. The second kappa shape index (κ2) is 6.93. The van der Waals surface area contributed by atoms with Gasteiger partial charge >= 0.3 is 0 Å². The summed E-state index contributed by atoms with van der Waals surface area (Å²) >= 11 is 0. The van der Waals surface area contributed by atoms with E-state index in [0.29, 0.717) is 18.9 Å². The van der Waals surface area contributed by atoms with Crippen LogP contribution in [0.2, 0.25) is 0 Å². The first-order chi connectivity index (χ1) is 10.8. The average Bonchev–Trinajstić information content (AvgIpc) is 3.05. The Morgan fingerprint density at radius 2 is 1.86 bits per heavy atom. The Labute approximate surface area is 131 Å². The van der Waals surface area contributed by atoms with E-state index in [4.69, 9.17) is 5.73 Å². The summed E-state index contributed by atoms with van der Waals surface area (Å²) < 4.78 is 0.